The van der Waals surface area contributed by atoms with Gasteiger partial charge >= 0.3 is 0 Å². The standard InChI is InChI=1S/C25H17Cl3FN3O3/c1-14-2-5-19(11-20(14)26)31-23(33)13-35-24-21(27)9-15(10-22(24)28)8-16(12-30)25(34)32-18-6-3-17(29)4-7-18/h2-11H,13H2,1H3,(H,31,33)(H,32,34)/b16-8+. The number of halogens is 4. The topological polar surface area (TPSA) is 91.2 Å². The van der Waals surface area contributed by atoms with E-state index in [0.29, 0.717) is 22.0 Å². The van der Waals surface area contributed by atoms with Crippen molar-refractivity contribution in [2.75, 3.05) is 17.2 Å². The monoisotopic (exact) mass is 531 g/mol. The minimum absolute atomic E-state index is 0.0665. The summed E-state index contributed by atoms with van der Waals surface area (Å²) in [5.74, 6) is -1.54. The first-order valence-corrected chi connectivity index (χ1v) is 11.2. The van der Waals surface area contributed by atoms with Gasteiger partial charge < -0.3 is 15.4 Å². The highest BCUT2D eigenvalue weighted by atomic mass is 35.5. The van der Waals surface area contributed by atoms with Crippen molar-refractivity contribution < 1.29 is 18.7 Å². The SMILES string of the molecule is Cc1ccc(NC(=O)COc2c(Cl)cc(/C=C(\C#N)C(=O)Nc3ccc(F)cc3)cc2Cl)cc1Cl. The summed E-state index contributed by atoms with van der Waals surface area (Å²) < 4.78 is 18.5. The number of nitriles is 1. The smallest absolute Gasteiger partial charge is 0.266 e. The van der Waals surface area contributed by atoms with Crippen LogP contribution in [0.2, 0.25) is 15.1 Å². The first-order chi connectivity index (χ1) is 16.7. The molecular weight excluding hydrogens is 516 g/mol. The van der Waals surface area contributed by atoms with Gasteiger partial charge in [0.05, 0.1) is 10.0 Å². The van der Waals surface area contributed by atoms with Gasteiger partial charge in [-0.25, -0.2) is 4.39 Å². The fraction of sp³-hybridized carbons (Fsp3) is 0.0800. The van der Waals surface area contributed by atoms with E-state index in [9.17, 15) is 19.2 Å². The summed E-state index contributed by atoms with van der Waals surface area (Å²) in [6.07, 6.45) is 1.29. The molecule has 0 bridgehead atoms. The lowest BCUT2D eigenvalue weighted by atomic mass is 10.1. The summed E-state index contributed by atoms with van der Waals surface area (Å²) in [5, 5.41) is 15.2. The number of anilines is 2. The second kappa shape index (κ2) is 11.7. The van der Waals surface area contributed by atoms with E-state index in [4.69, 9.17) is 39.5 Å². The van der Waals surface area contributed by atoms with E-state index < -0.39 is 17.6 Å². The number of nitrogens with one attached hydrogen (secondary N) is 2. The molecule has 3 aromatic carbocycles. The molecule has 0 radical (unpaired) electrons. The summed E-state index contributed by atoms with van der Waals surface area (Å²) in [5.41, 5.74) is 1.84. The van der Waals surface area contributed by atoms with Gasteiger partial charge in [0.25, 0.3) is 11.8 Å². The lowest BCUT2D eigenvalue weighted by Crippen LogP contribution is -2.20. The van der Waals surface area contributed by atoms with Gasteiger partial charge in [-0.05, 0) is 72.7 Å². The maximum Gasteiger partial charge on any atom is 0.266 e. The molecule has 2 N–H and O–H groups in total. The van der Waals surface area contributed by atoms with Crippen LogP contribution in [-0.2, 0) is 9.59 Å². The van der Waals surface area contributed by atoms with Gasteiger partial charge in [-0.15, -0.1) is 0 Å². The molecule has 0 aromatic heterocycles. The molecule has 0 aliphatic heterocycles. The predicted octanol–water partition coefficient (Wildman–Crippen LogP) is 6.66. The molecule has 6 nitrogen and oxygen atoms in total. The second-order valence-electron chi connectivity index (χ2n) is 7.25. The number of ether oxygens (including phenoxy) is 1. The van der Waals surface area contributed by atoms with Gasteiger partial charge in [-0.1, -0.05) is 40.9 Å². The van der Waals surface area contributed by atoms with Crippen LogP contribution in [0.5, 0.6) is 5.75 Å². The third-order valence-electron chi connectivity index (χ3n) is 4.60. The lowest BCUT2D eigenvalue weighted by molar-refractivity contribution is -0.118. The van der Waals surface area contributed by atoms with Crippen molar-refractivity contribution in [1.29, 1.82) is 5.26 Å². The molecule has 178 valence electrons. The van der Waals surface area contributed by atoms with Crippen molar-refractivity contribution in [3.8, 4) is 11.8 Å². The zero-order valence-corrected chi connectivity index (χ0v) is 20.4. The highest BCUT2D eigenvalue weighted by Crippen LogP contribution is 2.35. The molecule has 0 unspecified atom stereocenters. The number of benzene rings is 3. The largest absolute Gasteiger partial charge is 0.481 e. The molecule has 0 aliphatic carbocycles. The van der Waals surface area contributed by atoms with Gasteiger partial charge in [-0.3, -0.25) is 9.59 Å². The van der Waals surface area contributed by atoms with E-state index in [-0.39, 0.29) is 28.0 Å². The highest BCUT2D eigenvalue weighted by Gasteiger charge is 2.14. The highest BCUT2D eigenvalue weighted by molar-refractivity contribution is 6.37. The van der Waals surface area contributed by atoms with Crippen LogP contribution in [0.1, 0.15) is 11.1 Å². The molecule has 10 heteroatoms. The Morgan fingerprint density at radius 3 is 2.20 bits per heavy atom. The summed E-state index contributed by atoms with van der Waals surface area (Å²) in [6.45, 7) is 1.47. The number of carbonyl (C=O) groups excluding carboxylic acids is 2. The van der Waals surface area contributed by atoms with Crippen LogP contribution in [0.25, 0.3) is 6.08 Å². The first kappa shape index (κ1) is 26.0. The van der Waals surface area contributed by atoms with Crippen LogP contribution in [0.4, 0.5) is 15.8 Å². The van der Waals surface area contributed by atoms with Gasteiger partial charge in [-0.2, -0.15) is 5.26 Å². The van der Waals surface area contributed by atoms with E-state index in [2.05, 4.69) is 10.6 Å². The molecule has 0 heterocycles. The minimum atomic E-state index is -0.695. The molecule has 2 amide bonds. The van der Waals surface area contributed by atoms with E-state index in [1.54, 1.807) is 24.3 Å². The minimum Gasteiger partial charge on any atom is -0.481 e. The van der Waals surface area contributed by atoms with Crippen LogP contribution < -0.4 is 15.4 Å². The van der Waals surface area contributed by atoms with Crippen molar-refractivity contribution in [1.82, 2.24) is 0 Å². The Morgan fingerprint density at radius 1 is 0.971 bits per heavy atom. The Bertz CT molecular complexity index is 1330. The maximum absolute atomic E-state index is 13.0. The fourth-order valence-electron chi connectivity index (χ4n) is 2.85. The number of nitrogens with zero attached hydrogens (tertiary/aromatic N) is 1. The molecular formula is C25H17Cl3FN3O3. The average Bonchev–Trinajstić information content (AvgIpc) is 2.80. The van der Waals surface area contributed by atoms with E-state index in [1.807, 2.05) is 6.92 Å². The zero-order chi connectivity index (χ0) is 25.5. The van der Waals surface area contributed by atoms with Crippen LogP contribution in [0, 0.1) is 24.1 Å². The van der Waals surface area contributed by atoms with Crippen molar-refractivity contribution in [3.05, 3.63) is 92.2 Å². The summed E-state index contributed by atoms with van der Waals surface area (Å²) >= 11 is 18.6. The number of hydrogen-bond donors (Lipinski definition) is 2. The third-order valence-corrected chi connectivity index (χ3v) is 5.57. The second-order valence-corrected chi connectivity index (χ2v) is 8.47. The predicted molar refractivity (Wildman–Crippen MR) is 135 cm³/mol. The van der Waals surface area contributed by atoms with Crippen molar-refractivity contribution in [2.45, 2.75) is 6.92 Å². The Labute approximate surface area is 215 Å². The Morgan fingerprint density at radius 2 is 1.60 bits per heavy atom. The van der Waals surface area contributed by atoms with Crippen molar-refractivity contribution in [2.24, 2.45) is 0 Å². The summed E-state index contributed by atoms with van der Waals surface area (Å²) in [6, 6.07) is 14.9. The lowest BCUT2D eigenvalue weighted by Gasteiger charge is -2.12. The molecule has 0 saturated heterocycles. The molecule has 0 fully saturated rings. The number of aryl methyl sites for hydroxylation is 1. The summed E-state index contributed by atoms with van der Waals surface area (Å²) in [7, 11) is 0. The van der Waals surface area contributed by atoms with E-state index in [1.165, 1.54) is 42.5 Å². The van der Waals surface area contributed by atoms with E-state index in [0.717, 1.165) is 5.56 Å². The molecule has 0 saturated carbocycles. The Hall–Kier alpha value is -3.57. The quantitative estimate of drug-likeness (QED) is 0.263. The van der Waals surface area contributed by atoms with Gasteiger partial charge in [0, 0.05) is 16.4 Å². The molecule has 0 spiro atoms. The van der Waals surface area contributed by atoms with Crippen LogP contribution in [0.15, 0.2) is 60.2 Å². The van der Waals surface area contributed by atoms with Gasteiger partial charge in [0.15, 0.2) is 12.4 Å². The van der Waals surface area contributed by atoms with Gasteiger partial charge in [0.2, 0.25) is 0 Å². The average molecular weight is 533 g/mol. The van der Waals surface area contributed by atoms with Crippen LogP contribution in [-0.4, -0.2) is 18.4 Å². The van der Waals surface area contributed by atoms with Gasteiger partial charge in [0.1, 0.15) is 17.5 Å². The number of carbonyl (C=O) groups is 2. The number of amides is 2. The van der Waals surface area contributed by atoms with Crippen molar-refractivity contribution in [3.63, 3.8) is 0 Å². The number of hydrogen-bond acceptors (Lipinski definition) is 4. The molecule has 0 aliphatic rings. The molecule has 3 aromatic rings. The Kier molecular flexibility index (Phi) is 8.72. The van der Waals surface area contributed by atoms with Crippen molar-refractivity contribution >= 4 is 64.1 Å². The van der Waals surface area contributed by atoms with E-state index >= 15 is 0 Å². The normalized spacial score (nSPS) is 10.9. The first-order valence-electron chi connectivity index (χ1n) is 10.0. The van der Waals surface area contributed by atoms with Crippen LogP contribution >= 0.6 is 34.8 Å². The molecule has 0 atom stereocenters. The molecule has 35 heavy (non-hydrogen) atoms. The van der Waals surface area contributed by atoms with Crippen LogP contribution in [0.3, 0.4) is 0 Å². The maximum atomic E-state index is 13.0. The Balaban J connectivity index is 1.68. The third kappa shape index (κ3) is 7.20. The number of rotatable bonds is 7. The molecule has 3 rings (SSSR count). The zero-order valence-electron chi connectivity index (χ0n) is 18.2. The summed E-state index contributed by atoms with van der Waals surface area (Å²) in [4.78, 5) is 24.6. The fourth-order valence-corrected chi connectivity index (χ4v) is 3.65.